The van der Waals surface area contributed by atoms with Crippen molar-refractivity contribution in [2.24, 2.45) is 5.92 Å². The summed E-state index contributed by atoms with van der Waals surface area (Å²) >= 11 is 0. The molecule has 2 N–H and O–H groups in total. The number of allylic oxidation sites excluding steroid dienone is 2. The molecule has 0 aromatic carbocycles. The number of carbonyl (C=O) groups is 3. The number of rotatable bonds is 11. The van der Waals surface area contributed by atoms with Crippen molar-refractivity contribution in [3.05, 3.63) is 36.0 Å². The smallest absolute Gasteiger partial charge is 0.303 e. The molecule has 1 aliphatic carbocycles. The molecule has 8 atom stereocenters. The second kappa shape index (κ2) is 15.5. The van der Waals surface area contributed by atoms with Crippen LogP contribution in [0.1, 0.15) is 98.8 Å². The molecule has 3 aliphatic heterocycles. The average Bonchev–Trinajstić information content (AvgIpc) is 3.69. The lowest BCUT2D eigenvalue weighted by molar-refractivity contribution is -0.143. The Morgan fingerprint density at radius 3 is 2.47 bits per heavy atom. The maximum Gasteiger partial charge on any atom is 0.303 e. The quantitative estimate of drug-likeness (QED) is 0.151. The summed E-state index contributed by atoms with van der Waals surface area (Å²) in [6.45, 7) is 10.0. The molecule has 3 heterocycles. The van der Waals surface area contributed by atoms with Crippen LogP contribution in [0, 0.1) is 5.92 Å². The molecule has 1 spiro atoms. The van der Waals surface area contributed by atoms with Crippen molar-refractivity contribution in [3.63, 3.8) is 0 Å². The molecule has 9 nitrogen and oxygen atoms in total. The van der Waals surface area contributed by atoms with Gasteiger partial charge in [-0.2, -0.15) is 0 Å². The predicted octanol–water partition coefficient (Wildman–Crippen LogP) is 4.84. The average molecular weight is 601 g/mol. The zero-order valence-electron chi connectivity index (χ0n) is 26.6. The van der Waals surface area contributed by atoms with Crippen molar-refractivity contribution in [2.45, 2.75) is 147 Å². The second-order valence-electron chi connectivity index (χ2n) is 13.2. The summed E-state index contributed by atoms with van der Waals surface area (Å²) in [6.07, 6.45) is 18.1. The van der Waals surface area contributed by atoms with Crippen LogP contribution in [0.2, 0.25) is 0 Å². The number of hydrogen-bond donors (Lipinski definition) is 2. The van der Waals surface area contributed by atoms with Gasteiger partial charge in [-0.05, 0) is 58.4 Å². The first-order chi connectivity index (χ1) is 20.5. The van der Waals surface area contributed by atoms with Crippen molar-refractivity contribution < 1.29 is 33.3 Å². The summed E-state index contributed by atoms with van der Waals surface area (Å²) in [5.41, 5.74) is 1.00. The van der Waals surface area contributed by atoms with E-state index in [9.17, 15) is 14.4 Å². The van der Waals surface area contributed by atoms with Gasteiger partial charge in [0.15, 0.2) is 0 Å². The fourth-order valence-corrected chi connectivity index (χ4v) is 6.62. The Morgan fingerprint density at radius 2 is 1.77 bits per heavy atom. The Balaban J connectivity index is 1.22. The molecule has 9 heteroatoms. The van der Waals surface area contributed by atoms with Crippen molar-refractivity contribution in [1.82, 2.24) is 10.6 Å². The summed E-state index contributed by atoms with van der Waals surface area (Å²) in [5, 5.41) is 6.25. The number of nitrogens with one attached hydrogen (secondary N) is 2. The standard InChI is InChI=1S/C34H52N2O7/c1-22(12-15-31-23(2)17-30(25(4)42-31)36-32(38)16-13-24(3)41-26(5)37)11-14-28-19-34(21-40-34)20-29(43-28)18-33(39)35-27-9-7-6-8-10-27/h11-14,16,23-25,27-31H,6-10,15,17-21H2,1-5H3,(H,35,39)(H,36,38)/b14-11+,16-13-,22-12+/t23-,24-,25+,28+,29+,30+,31-,34+/m0/s1. The minimum atomic E-state index is -0.456. The van der Waals surface area contributed by atoms with Crippen molar-refractivity contribution >= 4 is 17.8 Å². The van der Waals surface area contributed by atoms with Crippen LogP contribution in [0.15, 0.2) is 36.0 Å². The number of hydrogen-bond acceptors (Lipinski definition) is 7. The van der Waals surface area contributed by atoms with Crippen LogP contribution in [-0.4, -0.2) is 72.6 Å². The number of carbonyl (C=O) groups excluding carboxylic acids is 3. The molecule has 240 valence electrons. The molecular formula is C34H52N2O7. The third kappa shape index (κ3) is 10.9. The first-order valence-electron chi connectivity index (χ1n) is 16.3. The van der Waals surface area contributed by atoms with E-state index in [-0.39, 0.29) is 59.8 Å². The summed E-state index contributed by atoms with van der Waals surface area (Å²) in [7, 11) is 0. The largest absolute Gasteiger partial charge is 0.459 e. The third-order valence-electron chi connectivity index (χ3n) is 9.14. The van der Waals surface area contributed by atoms with E-state index in [1.807, 2.05) is 6.92 Å². The van der Waals surface area contributed by atoms with Gasteiger partial charge in [0.05, 0.1) is 49.1 Å². The lowest BCUT2D eigenvalue weighted by Crippen LogP contribution is -2.50. The van der Waals surface area contributed by atoms with E-state index in [2.05, 4.69) is 42.7 Å². The minimum absolute atomic E-state index is 0.0622. The molecule has 4 fully saturated rings. The van der Waals surface area contributed by atoms with Gasteiger partial charge in [0.2, 0.25) is 11.8 Å². The fraction of sp³-hybridized carbons (Fsp3) is 0.735. The molecule has 2 amide bonds. The molecule has 0 bridgehead atoms. The highest BCUT2D eigenvalue weighted by atomic mass is 16.6. The number of esters is 1. The van der Waals surface area contributed by atoms with Crippen LogP contribution in [-0.2, 0) is 33.3 Å². The van der Waals surface area contributed by atoms with Crippen LogP contribution in [0.5, 0.6) is 0 Å². The maximum absolute atomic E-state index is 12.7. The summed E-state index contributed by atoms with van der Waals surface area (Å²) in [6, 6.07) is 0.226. The maximum atomic E-state index is 12.7. The van der Waals surface area contributed by atoms with E-state index < -0.39 is 6.10 Å². The first-order valence-corrected chi connectivity index (χ1v) is 16.3. The Morgan fingerprint density at radius 1 is 1.02 bits per heavy atom. The molecule has 43 heavy (non-hydrogen) atoms. The highest BCUT2D eigenvalue weighted by molar-refractivity contribution is 5.87. The normalized spacial score (nSPS) is 34.3. The van der Waals surface area contributed by atoms with Gasteiger partial charge in [-0.25, -0.2) is 0 Å². The van der Waals surface area contributed by atoms with Gasteiger partial charge >= 0.3 is 5.97 Å². The van der Waals surface area contributed by atoms with Crippen LogP contribution in [0.4, 0.5) is 0 Å². The Labute approximate surface area is 257 Å². The molecule has 1 saturated carbocycles. The lowest BCUT2D eigenvalue weighted by atomic mass is 9.88. The van der Waals surface area contributed by atoms with Crippen LogP contribution in [0.3, 0.4) is 0 Å². The van der Waals surface area contributed by atoms with E-state index in [0.29, 0.717) is 12.5 Å². The first kappa shape index (κ1) is 33.4. The predicted molar refractivity (Wildman–Crippen MR) is 164 cm³/mol. The lowest BCUT2D eigenvalue weighted by Gasteiger charge is -2.39. The molecule has 4 rings (SSSR count). The second-order valence-corrected chi connectivity index (χ2v) is 13.2. The van der Waals surface area contributed by atoms with E-state index >= 15 is 0 Å². The third-order valence-corrected chi connectivity index (χ3v) is 9.14. The van der Waals surface area contributed by atoms with Gasteiger partial charge in [-0.1, -0.05) is 50.0 Å². The number of amides is 2. The van der Waals surface area contributed by atoms with Crippen LogP contribution < -0.4 is 10.6 Å². The zero-order valence-corrected chi connectivity index (χ0v) is 26.6. The monoisotopic (exact) mass is 600 g/mol. The fourth-order valence-electron chi connectivity index (χ4n) is 6.62. The van der Waals surface area contributed by atoms with Crippen LogP contribution >= 0.6 is 0 Å². The Kier molecular flexibility index (Phi) is 12.0. The molecule has 0 unspecified atom stereocenters. The van der Waals surface area contributed by atoms with E-state index in [1.165, 1.54) is 32.3 Å². The van der Waals surface area contributed by atoms with Gasteiger partial charge in [-0.15, -0.1) is 0 Å². The Bertz CT molecular complexity index is 1060. The van der Waals surface area contributed by atoms with Gasteiger partial charge in [0.25, 0.3) is 0 Å². The number of ether oxygens (including phenoxy) is 4. The van der Waals surface area contributed by atoms with Crippen molar-refractivity contribution in [3.8, 4) is 0 Å². The summed E-state index contributed by atoms with van der Waals surface area (Å²) in [5.74, 6) is -0.236. The van der Waals surface area contributed by atoms with Gasteiger partial charge < -0.3 is 29.6 Å². The Hall–Kier alpha value is -2.49. The highest BCUT2D eigenvalue weighted by Gasteiger charge is 2.51. The van der Waals surface area contributed by atoms with Gasteiger partial charge in [0, 0.05) is 31.9 Å². The molecule has 0 radical (unpaired) electrons. The zero-order chi connectivity index (χ0) is 31.0. The SMILES string of the molecule is CC(=O)O[C@@H](C)/C=C\C(=O)N[C@@H]1C[C@H](C)[C@H](C/C=C(C)/C=C/[C@@H]2C[C@]3(CO3)C[C@@H](CC(=O)NC3CCCCC3)O2)O[C@@H]1C. The van der Waals surface area contributed by atoms with Crippen LogP contribution in [0.25, 0.3) is 0 Å². The molecule has 0 aromatic rings. The van der Waals surface area contributed by atoms with Crippen molar-refractivity contribution in [2.75, 3.05) is 6.61 Å². The molecule has 0 aromatic heterocycles. The topological polar surface area (TPSA) is 115 Å². The molecular weight excluding hydrogens is 548 g/mol. The molecule has 3 saturated heterocycles. The summed E-state index contributed by atoms with van der Waals surface area (Å²) in [4.78, 5) is 36.2. The van der Waals surface area contributed by atoms with E-state index in [0.717, 1.165) is 50.7 Å². The summed E-state index contributed by atoms with van der Waals surface area (Å²) < 4.78 is 23.5. The van der Waals surface area contributed by atoms with Crippen molar-refractivity contribution in [1.29, 1.82) is 0 Å². The molecule has 4 aliphatic rings. The van der Waals surface area contributed by atoms with Gasteiger partial charge in [-0.3, -0.25) is 14.4 Å². The minimum Gasteiger partial charge on any atom is -0.459 e. The van der Waals surface area contributed by atoms with E-state index in [1.54, 1.807) is 13.0 Å². The van der Waals surface area contributed by atoms with Gasteiger partial charge in [0.1, 0.15) is 6.10 Å². The highest BCUT2D eigenvalue weighted by Crippen LogP contribution is 2.43. The number of epoxide rings is 1. The van der Waals surface area contributed by atoms with E-state index in [4.69, 9.17) is 18.9 Å².